The molecule has 2 N–H and O–H groups in total. The number of primary amides is 1. The van der Waals surface area contributed by atoms with E-state index in [0.29, 0.717) is 37.7 Å². The van der Waals surface area contributed by atoms with Gasteiger partial charge in [-0.2, -0.15) is 0 Å². The number of aromatic nitrogens is 1. The number of carbonyl (C=O) groups is 1. The van der Waals surface area contributed by atoms with Gasteiger partial charge >= 0.3 is 0 Å². The van der Waals surface area contributed by atoms with E-state index in [1.165, 1.54) is 6.07 Å². The van der Waals surface area contributed by atoms with E-state index in [-0.39, 0.29) is 12.4 Å². The molecular weight excluding hydrogens is 325 g/mol. The Morgan fingerprint density at radius 2 is 2.20 bits per heavy atom. The van der Waals surface area contributed by atoms with Gasteiger partial charge in [0.1, 0.15) is 18.5 Å². The molecule has 1 amide bonds. The second-order valence-corrected chi connectivity index (χ2v) is 5.85. The van der Waals surface area contributed by atoms with Gasteiger partial charge in [-0.25, -0.2) is 9.37 Å². The zero-order valence-electron chi connectivity index (χ0n) is 13.7. The van der Waals surface area contributed by atoms with Crippen molar-refractivity contribution in [2.45, 2.75) is 19.2 Å². The minimum atomic E-state index is -0.425. The Morgan fingerprint density at radius 3 is 2.92 bits per heavy atom. The first-order valence-electron chi connectivity index (χ1n) is 8.06. The highest BCUT2D eigenvalue weighted by atomic mass is 19.1. The highest BCUT2D eigenvalue weighted by Crippen LogP contribution is 2.15. The first-order chi connectivity index (χ1) is 12.1. The van der Waals surface area contributed by atoms with Gasteiger partial charge in [0.15, 0.2) is 0 Å². The van der Waals surface area contributed by atoms with Crippen molar-refractivity contribution in [2.24, 2.45) is 5.73 Å². The van der Waals surface area contributed by atoms with Crippen LogP contribution in [0.15, 0.2) is 42.6 Å². The summed E-state index contributed by atoms with van der Waals surface area (Å²) in [7, 11) is 0. The van der Waals surface area contributed by atoms with Crippen molar-refractivity contribution in [1.82, 2.24) is 9.88 Å². The third-order valence-corrected chi connectivity index (χ3v) is 4.08. The third kappa shape index (κ3) is 4.52. The molecule has 7 heteroatoms. The number of amides is 1. The number of pyridine rings is 1. The second-order valence-electron chi connectivity index (χ2n) is 5.85. The highest BCUT2D eigenvalue weighted by Gasteiger charge is 2.27. The molecule has 1 saturated heterocycles. The number of hydrogen-bond donors (Lipinski definition) is 1. The van der Waals surface area contributed by atoms with Crippen LogP contribution in [0.4, 0.5) is 4.39 Å². The predicted octanol–water partition coefficient (Wildman–Crippen LogP) is 1.49. The zero-order valence-corrected chi connectivity index (χ0v) is 13.7. The normalized spacial score (nSPS) is 18.0. The Hall–Kier alpha value is -2.51. The molecule has 1 aliphatic heterocycles. The molecule has 2 aromatic rings. The Labute approximate surface area is 145 Å². The van der Waals surface area contributed by atoms with Crippen LogP contribution in [0, 0.1) is 5.82 Å². The third-order valence-electron chi connectivity index (χ3n) is 4.08. The molecule has 132 valence electrons. The number of morpholine rings is 1. The fraction of sp³-hybridized carbons (Fsp3) is 0.333. The lowest BCUT2D eigenvalue weighted by molar-refractivity contribution is -0.129. The van der Waals surface area contributed by atoms with Crippen LogP contribution in [0.25, 0.3) is 0 Å². The van der Waals surface area contributed by atoms with Gasteiger partial charge in [-0.05, 0) is 11.6 Å². The molecule has 0 bridgehead atoms. The Morgan fingerprint density at radius 1 is 1.36 bits per heavy atom. The first-order valence-corrected chi connectivity index (χ1v) is 8.06. The maximum atomic E-state index is 13.6. The highest BCUT2D eigenvalue weighted by molar-refractivity contribution is 5.80. The van der Waals surface area contributed by atoms with Gasteiger partial charge < -0.3 is 15.2 Å². The average molecular weight is 345 g/mol. The molecule has 1 fully saturated rings. The van der Waals surface area contributed by atoms with Crippen molar-refractivity contribution >= 4 is 5.91 Å². The van der Waals surface area contributed by atoms with Gasteiger partial charge in [0.05, 0.1) is 13.2 Å². The van der Waals surface area contributed by atoms with E-state index in [2.05, 4.69) is 4.98 Å². The van der Waals surface area contributed by atoms with Gasteiger partial charge in [0.2, 0.25) is 11.8 Å². The number of nitrogens with zero attached hydrogens (tertiary/aromatic N) is 2. The fourth-order valence-electron chi connectivity index (χ4n) is 2.68. The maximum absolute atomic E-state index is 13.6. The van der Waals surface area contributed by atoms with E-state index in [1.54, 1.807) is 30.5 Å². The van der Waals surface area contributed by atoms with Crippen LogP contribution in [-0.4, -0.2) is 41.6 Å². The Kier molecular flexibility index (Phi) is 5.57. The summed E-state index contributed by atoms with van der Waals surface area (Å²) < 4.78 is 24.4. The second kappa shape index (κ2) is 8.04. The van der Waals surface area contributed by atoms with Crippen LogP contribution in [0.5, 0.6) is 5.88 Å². The molecule has 2 heterocycles. The van der Waals surface area contributed by atoms with Crippen LogP contribution in [-0.2, 0) is 22.7 Å². The number of carbonyl (C=O) groups excluding carboxylic acids is 1. The summed E-state index contributed by atoms with van der Waals surface area (Å²) in [5.41, 5.74) is 6.83. The summed E-state index contributed by atoms with van der Waals surface area (Å²) in [6, 6.07) is 9.64. The zero-order chi connectivity index (χ0) is 17.6. The lowest BCUT2D eigenvalue weighted by Crippen LogP contribution is -2.51. The van der Waals surface area contributed by atoms with Crippen LogP contribution in [0.3, 0.4) is 0 Å². The van der Waals surface area contributed by atoms with E-state index in [9.17, 15) is 9.18 Å². The van der Waals surface area contributed by atoms with Crippen molar-refractivity contribution in [1.29, 1.82) is 0 Å². The number of hydrogen-bond acceptors (Lipinski definition) is 5. The monoisotopic (exact) mass is 345 g/mol. The standard InChI is InChI=1S/C18H20FN3O3/c19-15-4-2-1-3-14(15)11-25-17-6-5-13(9-21-17)10-22-7-8-24-12-16(22)18(20)23/h1-6,9,16H,7-8,10-12H2,(H2,20,23). The molecule has 1 aromatic heterocycles. The molecule has 0 saturated carbocycles. The quantitative estimate of drug-likeness (QED) is 0.858. The van der Waals surface area contributed by atoms with Gasteiger partial charge in [0.25, 0.3) is 0 Å². The fourth-order valence-corrected chi connectivity index (χ4v) is 2.68. The average Bonchev–Trinajstić information content (AvgIpc) is 2.62. The number of benzene rings is 1. The van der Waals surface area contributed by atoms with Crippen molar-refractivity contribution in [3.05, 3.63) is 59.5 Å². The number of rotatable bonds is 6. The molecule has 1 unspecified atom stereocenters. The van der Waals surface area contributed by atoms with Crippen molar-refractivity contribution in [2.75, 3.05) is 19.8 Å². The van der Waals surface area contributed by atoms with Crippen LogP contribution in [0.1, 0.15) is 11.1 Å². The SMILES string of the molecule is NC(=O)C1COCCN1Cc1ccc(OCc2ccccc2F)nc1. The molecule has 25 heavy (non-hydrogen) atoms. The molecule has 6 nitrogen and oxygen atoms in total. The number of ether oxygens (including phenoxy) is 2. The van der Waals surface area contributed by atoms with E-state index >= 15 is 0 Å². The minimum Gasteiger partial charge on any atom is -0.473 e. The summed E-state index contributed by atoms with van der Waals surface area (Å²) >= 11 is 0. The maximum Gasteiger partial charge on any atom is 0.237 e. The number of halogens is 1. The molecular formula is C18H20FN3O3. The smallest absolute Gasteiger partial charge is 0.237 e. The van der Waals surface area contributed by atoms with Gasteiger partial charge in [-0.1, -0.05) is 24.3 Å². The van der Waals surface area contributed by atoms with Gasteiger partial charge in [-0.3, -0.25) is 9.69 Å². The van der Waals surface area contributed by atoms with E-state index in [4.69, 9.17) is 15.2 Å². The lowest BCUT2D eigenvalue weighted by atomic mass is 10.2. The molecule has 0 radical (unpaired) electrons. The molecule has 1 atom stereocenters. The van der Waals surface area contributed by atoms with Gasteiger partial charge in [0, 0.05) is 30.9 Å². The molecule has 0 spiro atoms. The Bertz CT molecular complexity index is 724. The van der Waals surface area contributed by atoms with Crippen LogP contribution in [0.2, 0.25) is 0 Å². The molecule has 3 rings (SSSR count). The molecule has 1 aromatic carbocycles. The Balaban J connectivity index is 1.58. The molecule has 0 aliphatic carbocycles. The van der Waals surface area contributed by atoms with Crippen LogP contribution < -0.4 is 10.5 Å². The summed E-state index contributed by atoms with van der Waals surface area (Å²) in [5.74, 6) is -0.276. The van der Waals surface area contributed by atoms with Crippen molar-refractivity contribution in [3.63, 3.8) is 0 Å². The number of nitrogens with two attached hydrogens (primary N) is 1. The van der Waals surface area contributed by atoms with Crippen molar-refractivity contribution < 1.29 is 18.7 Å². The van der Waals surface area contributed by atoms with Crippen LogP contribution >= 0.6 is 0 Å². The summed E-state index contributed by atoms with van der Waals surface area (Å²) in [6.07, 6.45) is 1.68. The lowest BCUT2D eigenvalue weighted by Gasteiger charge is -2.33. The predicted molar refractivity (Wildman–Crippen MR) is 89.2 cm³/mol. The summed E-state index contributed by atoms with van der Waals surface area (Å²) in [6.45, 7) is 2.19. The van der Waals surface area contributed by atoms with E-state index in [0.717, 1.165) is 5.56 Å². The topological polar surface area (TPSA) is 77.7 Å². The van der Waals surface area contributed by atoms with E-state index in [1.807, 2.05) is 11.0 Å². The van der Waals surface area contributed by atoms with E-state index < -0.39 is 11.9 Å². The van der Waals surface area contributed by atoms with Crippen molar-refractivity contribution in [3.8, 4) is 5.88 Å². The first kappa shape index (κ1) is 17.3. The summed E-state index contributed by atoms with van der Waals surface area (Å²) in [5, 5.41) is 0. The largest absolute Gasteiger partial charge is 0.473 e. The van der Waals surface area contributed by atoms with Gasteiger partial charge in [-0.15, -0.1) is 0 Å². The molecule has 1 aliphatic rings. The minimum absolute atomic E-state index is 0.117. The summed E-state index contributed by atoms with van der Waals surface area (Å²) in [4.78, 5) is 17.7.